The maximum absolute atomic E-state index is 11.5. The van der Waals surface area contributed by atoms with Crippen LogP contribution in [-0.2, 0) is 19.1 Å². The molecule has 0 saturated carbocycles. The minimum absolute atomic E-state index is 0.162. The average molecular weight is 428 g/mol. The molecule has 0 bridgehead atoms. The maximum Gasteiger partial charge on any atom is 0.407 e. The summed E-state index contributed by atoms with van der Waals surface area (Å²) < 4.78 is 10.0. The molecule has 0 aromatic carbocycles. The first-order chi connectivity index (χ1) is 14.1. The third kappa shape index (κ3) is 14.9. The van der Waals surface area contributed by atoms with Gasteiger partial charge in [-0.3, -0.25) is 14.5 Å². The quantitative estimate of drug-likeness (QED) is 0.222. The van der Waals surface area contributed by atoms with E-state index in [1.54, 1.807) is 20.9 Å². The number of likely N-dealkylation sites (N-methyl/N-ethyl adjacent to an activating group) is 1. The first-order valence-electron chi connectivity index (χ1n) is 9.50. The monoisotopic (exact) mass is 427 g/mol. The Labute approximate surface area is 177 Å². The summed E-state index contributed by atoms with van der Waals surface area (Å²) in [5, 5.41) is 10.2. The van der Waals surface area contributed by atoms with E-state index in [0.717, 1.165) is 0 Å². The molecule has 4 amide bonds. The van der Waals surface area contributed by atoms with Crippen LogP contribution in [0.5, 0.6) is 0 Å². The Kier molecular flexibility index (Phi) is 14.2. The van der Waals surface area contributed by atoms with Crippen molar-refractivity contribution in [2.24, 2.45) is 0 Å². The summed E-state index contributed by atoms with van der Waals surface area (Å²) in [6.07, 6.45) is -1.16. The molecule has 170 valence electrons. The lowest BCUT2D eigenvalue weighted by Gasteiger charge is -2.16. The molecular weight excluding hydrogens is 394 g/mol. The van der Waals surface area contributed by atoms with Crippen LogP contribution in [0, 0.1) is 0 Å². The zero-order valence-electron chi connectivity index (χ0n) is 18.0. The number of nitrogens with zero attached hydrogens (tertiary/aromatic N) is 1. The number of carbonyl (C=O) groups is 4. The molecule has 4 N–H and O–H groups in total. The number of hydrogen-bond acceptors (Lipinski definition) is 7. The normalized spacial score (nSPS) is 10.0. The molecule has 0 saturated heterocycles. The van der Waals surface area contributed by atoms with Crippen molar-refractivity contribution in [2.75, 3.05) is 59.5 Å². The molecule has 11 nitrogen and oxygen atoms in total. The Morgan fingerprint density at radius 2 is 1.03 bits per heavy atom. The van der Waals surface area contributed by atoms with Crippen LogP contribution in [0.25, 0.3) is 0 Å². The highest BCUT2D eigenvalue weighted by molar-refractivity contribution is 5.92. The molecule has 0 atom stereocenters. The maximum atomic E-state index is 11.5. The lowest BCUT2D eigenvalue weighted by atomic mass is 10.3. The Bertz CT molecular complexity index is 571. The van der Waals surface area contributed by atoms with Gasteiger partial charge in [-0.15, -0.1) is 0 Å². The molecule has 0 unspecified atom stereocenters. The summed E-state index contributed by atoms with van der Waals surface area (Å²) in [5.41, 5.74) is 0.795. The zero-order valence-corrected chi connectivity index (χ0v) is 18.0. The van der Waals surface area contributed by atoms with Crippen molar-refractivity contribution >= 4 is 24.0 Å². The number of alkyl carbamates (subject to hydrolysis) is 2. The van der Waals surface area contributed by atoms with Gasteiger partial charge >= 0.3 is 12.2 Å². The smallest absolute Gasteiger partial charge is 0.407 e. The van der Waals surface area contributed by atoms with E-state index in [9.17, 15) is 19.2 Å². The second-order valence-corrected chi connectivity index (χ2v) is 6.50. The van der Waals surface area contributed by atoms with Gasteiger partial charge in [0, 0.05) is 50.4 Å². The van der Waals surface area contributed by atoms with Crippen molar-refractivity contribution in [3.63, 3.8) is 0 Å². The first-order valence-corrected chi connectivity index (χ1v) is 9.50. The molecular formula is C19H33N5O6. The number of carbonyl (C=O) groups excluding carboxylic acids is 4. The second-order valence-electron chi connectivity index (χ2n) is 6.50. The number of rotatable bonds is 14. The van der Waals surface area contributed by atoms with Crippen molar-refractivity contribution in [1.29, 1.82) is 0 Å². The predicted molar refractivity (Wildman–Crippen MR) is 112 cm³/mol. The topological polar surface area (TPSA) is 138 Å². The van der Waals surface area contributed by atoms with Crippen LogP contribution < -0.4 is 21.3 Å². The molecule has 0 aromatic heterocycles. The predicted octanol–water partition coefficient (Wildman–Crippen LogP) is -0.245. The molecule has 0 aromatic rings. The van der Waals surface area contributed by atoms with E-state index in [4.69, 9.17) is 9.47 Å². The van der Waals surface area contributed by atoms with Crippen molar-refractivity contribution in [3.05, 3.63) is 24.3 Å². The van der Waals surface area contributed by atoms with Crippen molar-refractivity contribution in [1.82, 2.24) is 26.2 Å². The second kappa shape index (κ2) is 15.8. The summed E-state index contributed by atoms with van der Waals surface area (Å²) in [7, 11) is 1.79. The molecule has 0 fully saturated rings. The Hall–Kier alpha value is -3.08. The van der Waals surface area contributed by atoms with E-state index in [0.29, 0.717) is 24.2 Å². The number of hydrogen-bond donors (Lipinski definition) is 4. The third-order valence-electron chi connectivity index (χ3n) is 3.55. The largest absolute Gasteiger partial charge is 0.448 e. The van der Waals surface area contributed by atoms with Gasteiger partial charge in [-0.2, -0.15) is 0 Å². The SMILES string of the molecule is C=C(C)C(=O)NCCNC(=O)OCCN(C)CCOC(=O)NCCNC(=O)C(=C)C. The molecule has 0 aliphatic heterocycles. The van der Waals surface area contributed by atoms with Crippen LogP contribution in [0.15, 0.2) is 24.3 Å². The van der Waals surface area contributed by atoms with Gasteiger partial charge < -0.3 is 30.7 Å². The molecule has 11 heteroatoms. The van der Waals surface area contributed by atoms with E-state index in [1.165, 1.54) is 0 Å². The summed E-state index contributed by atoms with van der Waals surface area (Å²) in [4.78, 5) is 47.4. The van der Waals surface area contributed by atoms with Crippen LogP contribution in [-0.4, -0.2) is 88.4 Å². The Balaban J connectivity index is 3.65. The first kappa shape index (κ1) is 26.9. The third-order valence-corrected chi connectivity index (χ3v) is 3.55. The summed E-state index contributed by atoms with van der Waals surface area (Å²) in [6.45, 7) is 12.5. The molecule has 0 heterocycles. The van der Waals surface area contributed by atoms with Gasteiger partial charge in [0.1, 0.15) is 13.2 Å². The fraction of sp³-hybridized carbons (Fsp3) is 0.579. The lowest BCUT2D eigenvalue weighted by Crippen LogP contribution is -2.37. The van der Waals surface area contributed by atoms with Crippen LogP contribution in [0.4, 0.5) is 9.59 Å². The zero-order chi connectivity index (χ0) is 22.9. The van der Waals surface area contributed by atoms with Crippen molar-refractivity contribution < 1.29 is 28.7 Å². The number of ether oxygens (including phenoxy) is 2. The minimum Gasteiger partial charge on any atom is -0.448 e. The Morgan fingerprint density at radius 3 is 1.37 bits per heavy atom. The lowest BCUT2D eigenvalue weighted by molar-refractivity contribution is -0.118. The molecule has 0 radical (unpaired) electrons. The van der Waals surface area contributed by atoms with Crippen LogP contribution in [0.1, 0.15) is 13.8 Å². The van der Waals surface area contributed by atoms with Gasteiger partial charge in [0.25, 0.3) is 0 Å². The van der Waals surface area contributed by atoms with Crippen molar-refractivity contribution in [3.8, 4) is 0 Å². The summed E-state index contributed by atoms with van der Waals surface area (Å²) >= 11 is 0. The van der Waals surface area contributed by atoms with E-state index >= 15 is 0 Å². The van der Waals surface area contributed by atoms with E-state index in [-0.39, 0.29) is 51.2 Å². The highest BCUT2D eigenvalue weighted by Crippen LogP contribution is 1.88. The van der Waals surface area contributed by atoms with Gasteiger partial charge in [-0.1, -0.05) is 13.2 Å². The highest BCUT2D eigenvalue weighted by atomic mass is 16.6. The molecule has 0 spiro atoms. The Morgan fingerprint density at radius 1 is 0.700 bits per heavy atom. The van der Waals surface area contributed by atoms with Gasteiger partial charge in [0.2, 0.25) is 11.8 Å². The van der Waals surface area contributed by atoms with Crippen LogP contribution in [0.2, 0.25) is 0 Å². The average Bonchev–Trinajstić information content (AvgIpc) is 2.67. The molecule has 0 aliphatic rings. The van der Waals surface area contributed by atoms with Gasteiger partial charge in [0.05, 0.1) is 0 Å². The number of nitrogens with one attached hydrogen (secondary N) is 4. The summed E-state index contributed by atoms with van der Waals surface area (Å²) in [6, 6.07) is 0. The van der Waals surface area contributed by atoms with Crippen molar-refractivity contribution in [2.45, 2.75) is 13.8 Å². The van der Waals surface area contributed by atoms with Crippen LogP contribution >= 0.6 is 0 Å². The van der Waals surface area contributed by atoms with Crippen LogP contribution in [0.3, 0.4) is 0 Å². The van der Waals surface area contributed by atoms with E-state index in [1.807, 2.05) is 4.90 Å². The van der Waals surface area contributed by atoms with E-state index < -0.39 is 12.2 Å². The van der Waals surface area contributed by atoms with E-state index in [2.05, 4.69) is 34.4 Å². The number of amides is 4. The van der Waals surface area contributed by atoms with Gasteiger partial charge in [-0.25, -0.2) is 9.59 Å². The standard InChI is InChI=1S/C19H33N5O6/c1-14(2)16(25)20-6-8-22-18(27)29-12-10-24(5)11-13-30-19(28)23-9-7-21-17(26)15(3)4/h1,3,6-13H2,2,4-5H3,(H,20,25)(H,21,26)(H,22,27)(H,23,28). The molecule has 0 rings (SSSR count). The fourth-order valence-electron chi connectivity index (χ4n) is 1.79. The fourth-order valence-corrected chi connectivity index (χ4v) is 1.79. The molecule has 30 heavy (non-hydrogen) atoms. The summed E-state index contributed by atoms with van der Waals surface area (Å²) in [5.74, 6) is -0.533. The van der Waals surface area contributed by atoms with Gasteiger partial charge in [0.15, 0.2) is 0 Å². The molecule has 0 aliphatic carbocycles. The highest BCUT2D eigenvalue weighted by Gasteiger charge is 2.07. The minimum atomic E-state index is -0.581. The van der Waals surface area contributed by atoms with Gasteiger partial charge in [-0.05, 0) is 20.9 Å².